The van der Waals surface area contributed by atoms with Gasteiger partial charge in [0, 0.05) is 5.41 Å². The first-order valence-corrected chi connectivity index (χ1v) is 9.70. The number of sulfone groups is 1. The number of aliphatic hydroxyl groups is 1. The number of hydrogen-bond acceptors (Lipinski definition) is 3. The first-order chi connectivity index (χ1) is 10.5. The Bertz CT molecular complexity index is 581. The van der Waals surface area contributed by atoms with Gasteiger partial charge < -0.3 is 5.11 Å². The fraction of sp³-hybridized carbons (Fsp3) is 0.556. The van der Waals surface area contributed by atoms with E-state index >= 15 is 0 Å². The van der Waals surface area contributed by atoms with Gasteiger partial charge in [-0.25, -0.2) is 8.42 Å². The van der Waals surface area contributed by atoms with E-state index in [0.717, 1.165) is 18.4 Å². The van der Waals surface area contributed by atoms with Gasteiger partial charge in [-0.05, 0) is 50.7 Å². The Morgan fingerprint density at radius 3 is 2.45 bits per heavy atom. The minimum absolute atomic E-state index is 0.299. The third-order valence-electron chi connectivity index (χ3n) is 4.45. The van der Waals surface area contributed by atoms with Crippen molar-refractivity contribution in [1.29, 1.82) is 0 Å². The summed E-state index contributed by atoms with van der Waals surface area (Å²) in [6.07, 6.45) is 8.51. The van der Waals surface area contributed by atoms with Gasteiger partial charge in [-0.3, -0.25) is 0 Å². The monoisotopic (exact) mass is 322 g/mol. The number of rotatable bonds is 6. The van der Waals surface area contributed by atoms with Crippen LogP contribution in [0.3, 0.4) is 0 Å². The summed E-state index contributed by atoms with van der Waals surface area (Å²) in [7, 11) is -3.36. The first-order valence-electron chi connectivity index (χ1n) is 8.15. The highest BCUT2D eigenvalue weighted by Crippen LogP contribution is 2.28. The van der Waals surface area contributed by atoms with Crippen molar-refractivity contribution in [3.63, 3.8) is 0 Å². The van der Waals surface area contributed by atoms with Crippen LogP contribution in [-0.4, -0.2) is 19.6 Å². The SMILES string of the molecule is Cc1ccc(S(=O)(=O)/C=C/CCC(O)C2CCCCC2)cc1. The van der Waals surface area contributed by atoms with Crippen LogP contribution in [-0.2, 0) is 9.84 Å². The van der Waals surface area contributed by atoms with Gasteiger partial charge in [-0.1, -0.05) is 43.0 Å². The Morgan fingerprint density at radius 2 is 1.82 bits per heavy atom. The lowest BCUT2D eigenvalue weighted by Gasteiger charge is -2.26. The number of allylic oxidation sites excluding steroid dienone is 1. The van der Waals surface area contributed by atoms with Crippen LogP contribution < -0.4 is 0 Å². The molecule has 122 valence electrons. The summed E-state index contributed by atoms with van der Waals surface area (Å²) in [5.41, 5.74) is 1.04. The smallest absolute Gasteiger partial charge is 0.199 e. The Morgan fingerprint density at radius 1 is 1.18 bits per heavy atom. The molecule has 1 aromatic rings. The maximum atomic E-state index is 12.1. The van der Waals surface area contributed by atoms with Crippen LogP contribution in [0, 0.1) is 12.8 Å². The Kier molecular flexibility index (Phi) is 6.21. The van der Waals surface area contributed by atoms with Crippen LogP contribution in [0.4, 0.5) is 0 Å². The molecule has 2 rings (SSSR count). The van der Waals surface area contributed by atoms with Crippen LogP contribution in [0.1, 0.15) is 50.5 Å². The fourth-order valence-electron chi connectivity index (χ4n) is 3.02. The Balaban J connectivity index is 1.84. The topological polar surface area (TPSA) is 54.4 Å². The van der Waals surface area contributed by atoms with E-state index in [0.29, 0.717) is 23.7 Å². The van der Waals surface area contributed by atoms with Crippen LogP contribution in [0.2, 0.25) is 0 Å². The highest BCUT2D eigenvalue weighted by molar-refractivity contribution is 7.94. The molecule has 1 unspecified atom stereocenters. The van der Waals surface area contributed by atoms with Crippen molar-refractivity contribution in [3.05, 3.63) is 41.3 Å². The van der Waals surface area contributed by atoms with Gasteiger partial charge >= 0.3 is 0 Å². The van der Waals surface area contributed by atoms with Crippen molar-refractivity contribution >= 4 is 9.84 Å². The van der Waals surface area contributed by atoms with E-state index in [-0.39, 0.29) is 6.10 Å². The molecule has 22 heavy (non-hydrogen) atoms. The van der Waals surface area contributed by atoms with Gasteiger partial charge in [0.25, 0.3) is 0 Å². The number of aryl methyl sites for hydroxylation is 1. The average molecular weight is 322 g/mol. The number of benzene rings is 1. The molecule has 4 heteroatoms. The standard InChI is InChI=1S/C18H26O3S/c1-15-10-12-17(13-11-15)22(20,21)14-6-5-9-18(19)16-7-3-2-4-8-16/h6,10-14,16,18-19H,2-5,7-9H2,1H3/b14-6+. The molecule has 1 aliphatic carbocycles. The normalized spacial score (nSPS) is 18.6. The third-order valence-corrected chi connectivity index (χ3v) is 5.93. The third kappa shape index (κ3) is 4.96. The van der Waals surface area contributed by atoms with Crippen molar-refractivity contribution in [2.45, 2.75) is 62.9 Å². The van der Waals surface area contributed by atoms with Gasteiger partial charge in [-0.2, -0.15) is 0 Å². The molecular weight excluding hydrogens is 296 g/mol. The summed E-state index contributed by atoms with van der Waals surface area (Å²) in [6.45, 7) is 1.93. The van der Waals surface area contributed by atoms with Gasteiger partial charge in [0.2, 0.25) is 0 Å². The summed E-state index contributed by atoms with van der Waals surface area (Å²) < 4.78 is 24.3. The molecule has 0 bridgehead atoms. The fourth-order valence-corrected chi connectivity index (χ4v) is 4.08. The molecule has 1 fully saturated rings. The van der Waals surface area contributed by atoms with E-state index in [2.05, 4.69) is 0 Å². The Hall–Kier alpha value is -1.13. The van der Waals surface area contributed by atoms with Crippen molar-refractivity contribution in [1.82, 2.24) is 0 Å². The quantitative estimate of drug-likeness (QED) is 0.861. The van der Waals surface area contributed by atoms with Crippen molar-refractivity contribution in [3.8, 4) is 0 Å². The molecule has 0 heterocycles. The zero-order valence-corrected chi connectivity index (χ0v) is 14.1. The van der Waals surface area contributed by atoms with Crippen LogP contribution in [0.5, 0.6) is 0 Å². The van der Waals surface area contributed by atoms with E-state index in [9.17, 15) is 13.5 Å². The van der Waals surface area contributed by atoms with E-state index in [1.54, 1.807) is 30.3 Å². The lowest BCUT2D eigenvalue weighted by Crippen LogP contribution is -2.22. The average Bonchev–Trinajstić information content (AvgIpc) is 2.52. The summed E-state index contributed by atoms with van der Waals surface area (Å²) in [5.74, 6) is 0.399. The zero-order chi connectivity index (χ0) is 16.0. The van der Waals surface area contributed by atoms with Gasteiger partial charge in [-0.15, -0.1) is 0 Å². The molecule has 1 aromatic carbocycles. The van der Waals surface area contributed by atoms with E-state index in [4.69, 9.17) is 0 Å². The zero-order valence-electron chi connectivity index (χ0n) is 13.2. The Labute approximate surface area is 134 Å². The summed E-state index contributed by atoms with van der Waals surface area (Å²) in [5, 5.41) is 11.4. The molecule has 1 N–H and O–H groups in total. The van der Waals surface area contributed by atoms with Crippen molar-refractivity contribution in [2.75, 3.05) is 0 Å². The second-order valence-corrected chi connectivity index (χ2v) is 8.11. The highest BCUT2D eigenvalue weighted by atomic mass is 32.2. The maximum Gasteiger partial charge on any atom is 0.199 e. The van der Waals surface area contributed by atoms with Crippen molar-refractivity contribution in [2.24, 2.45) is 5.92 Å². The summed E-state index contributed by atoms with van der Waals surface area (Å²) in [4.78, 5) is 0.321. The van der Waals surface area contributed by atoms with Crippen LogP contribution >= 0.6 is 0 Å². The number of hydrogen-bond donors (Lipinski definition) is 1. The number of aliphatic hydroxyl groups excluding tert-OH is 1. The van der Waals surface area contributed by atoms with Gasteiger partial charge in [0.15, 0.2) is 9.84 Å². The molecule has 1 atom stereocenters. The predicted molar refractivity (Wildman–Crippen MR) is 89.3 cm³/mol. The summed E-state index contributed by atoms with van der Waals surface area (Å²) in [6, 6.07) is 6.86. The molecule has 0 aromatic heterocycles. The van der Waals surface area contributed by atoms with Gasteiger partial charge in [0.05, 0.1) is 11.0 Å². The minimum atomic E-state index is -3.36. The molecule has 0 spiro atoms. The van der Waals surface area contributed by atoms with E-state index < -0.39 is 9.84 Å². The molecular formula is C18H26O3S. The molecule has 0 saturated heterocycles. The molecule has 0 amide bonds. The van der Waals surface area contributed by atoms with Crippen LogP contribution in [0.25, 0.3) is 0 Å². The maximum absolute atomic E-state index is 12.1. The lowest BCUT2D eigenvalue weighted by atomic mass is 9.84. The largest absolute Gasteiger partial charge is 0.393 e. The molecule has 1 saturated carbocycles. The second kappa shape index (κ2) is 7.93. The molecule has 1 aliphatic rings. The minimum Gasteiger partial charge on any atom is -0.393 e. The highest BCUT2D eigenvalue weighted by Gasteiger charge is 2.20. The molecule has 0 aliphatic heterocycles. The lowest BCUT2D eigenvalue weighted by molar-refractivity contribution is 0.0781. The van der Waals surface area contributed by atoms with Crippen molar-refractivity contribution < 1.29 is 13.5 Å². The predicted octanol–water partition coefficient (Wildman–Crippen LogP) is 4.00. The van der Waals surface area contributed by atoms with Crippen LogP contribution in [0.15, 0.2) is 40.6 Å². The van der Waals surface area contributed by atoms with E-state index in [1.807, 2.05) is 6.92 Å². The van der Waals surface area contributed by atoms with Gasteiger partial charge in [0.1, 0.15) is 0 Å². The first kappa shape index (κ1) is 17.2. The second-order valence-electron chi connectivity index (χ2n) is 6.27. The molecule has 3 nitrogen and oxygen atoms in total. The molecule has 0 radical (unpaired) electrons. The van der Waals surface area contributed by atoms with E-state index in [1.165, 1.54) is 24.7 Å². The summed E-state index contributed by atoms with van der Waals surface area (Å²) >= 11 is 0.